The molecule has 26 heavy (non-hydrogen) atoms. The van der Waals surface area contributed by atoms with Gasteiger partial charge in [0.25, 0.3) is 0 Å². The van der Waals surface area contributed by atoms with E-state index in [0.717, 1.165) is 0 Å². The maximum Gasteiger partial charge on any atom is 0.338 e. The van der Waals surface area contributed by atoms with Gasteiger partial charge in [0, 0.05) is 10.7 Å². The Kier molecular flexibility index (Phi) is 6.73. The van der Waals surface area contributed by atoms with Crippen molar-refractivity contribution in [2.24, 2.45) is 0 Å². The van der Waals surface area contributed by atoms with Gasteiger partial charge in [-0.1, -0.05) is 17.7 Å². The molecule has 0 aromatic heterocycles. The zero-order valence-corrected chi connectivity index (χ0v) is 15.4. The van der Waals surface area contributed by atoms with Crippen LogP contribution in [-0.4, -0.2) is 33.4 Å². The Morgan fingerprint density at radius 2 is 1.81 bits per heavy atom. The summed E-state index contributed by atoms with van der Waals surface area (Å²) in [6.45, 7) is 1.45. The van der Waals surface area contributed by atoms with Gasteiger partial charge in [-0.25, -0.2) is 17.9 Å². The normalized spacial score (nSPS) is 11.0. The van der Waals surface area contributed by atoms with Crippen molar-refractivity contribution >= 4 is 39.2 Å². The SMILES string of the molecule is CCOC(=O)c1ccc(S(=O)(=O)NCC(=O)Nc2cccc(Cl)c2)cc1. The average molecular weight is 397 g/mol. The molecule has 0 radical (unpaired) electrons. The first-order chi connectivity index (χ1) is 12.3. The monoisotopic (exact) mass is 396 g/mol. The molecule has 0 unspecified atom stereocenters. The Labute approximate surface area is 156 Å². The molecule has 0 aliphatic rings. The predicted molar refractivity (Wildman–Crippen MR) is 97.7 cm³/mol. The number of carbonyl (C=O) groups is 2. The van der Waals surface area contributed by atoms with Gasteiger partial charge < -0.3 is 10.1 Å². The Morgan fingerprint density at radius 1 is 1.12 bits per heavy atom. The Balaban J connectivity index is 1.97. The molecule has 0 aliphatic carbocycles. The lowest BCUT2D eigenvalue weighted by Gasteiger charge is -2.09. The molecular formula is C17H17ClN2O5S. The van der Waals surface area contributed by atoms with Crippen LogP contribution in [0.1, 0.15) is 17.3 Å². The van der Waals surface area contributed by atoms with Crippen molar-refractivity contribution in [2.75, 3.05) is 18.5 Å². The average Bonchev–Trinajstić information content (AvgIpc) is 2.60. The van der Waals surface area contributed by atoms with Gasteiger partial charge in [-0.05, 0) is 49.4 Å². The van der Waals surface area contributed by atoms with E-state index in [1.807, 2.05) is 0 Å². The van der Waals surface area contributed by atoms with Crippen LogP contribution < -0.4 is 10.0 Å². The maximum atomic E-state index is 12.2. The summed E-state index contributed by atoms with van der Waals surface area (Å²) in [5, 5.41) is 2.98. The first-order valence-corrected chi connectivity index (χ1v) is 9.50. The standard InChI is InChI=1S/C17H17ClN2O5S/c1-2-25-17(22)12-6-8-15(9-7-12)26(23,24)19-11-16(21)20-14-5-3-4-13(18)10-14/h3-10,19H,2,11H2,1H3,(H,20,21). The first kappa shape index (κ1) is 19.9. The minimum absolute atomic E-state index is 0.0684. The summed E-state index contributed by atoms with van der Waals surface area (Å²) in [7, 11) is -3.90. The highest BCUT2D eigenvalue weighted by Gasteiger charge is 2.16. The van der Waals surface area contributed by atoms with E-state index < -0.39 is 28.4 Å². The molecule has 0 aliphatic heterocycles. The fourth-order valence-electron chi connectivity index (χ4n) is 2.00. The molecule has 2 N–H and O–H groups in total. The van der Waals surface area contributed by atoms with Crippen molar-refractivity contribution in [1.82, 2.24) is 4.72 Å². The lowest BCUT2D eigenvalue weighted by molar-refractivity contribution is -0.115. The van der Waals surface area contributed by atoms with Gasteiger partial charge in [-0.15, -0.1) is 0 Å². The molecule has 2 rings (SSSR count). The van der Waals surface area contributed by atoms with Crippen LogP contribution in [0.3, 0.4) is 0 Å². The predicted octanol–water partition coefficient (Wildman–Crippen LogP) is 2.43. The Morgan fingerprint density at radius 3 is 2.42 bits per heavy atom. The number of hydrogen-bond donors (Lipinski definition) is 2. The molecular weight excluding hydrogens is 380 g/mol. The van der Waals surface area contributed by atoms with Crippen LogP contribution in [-0.2, 0) is 19.6 Å². The van der Waals surface area contributed by atoms with E-state index in [2.05, 4.69) is 10.0 Å². The fraction of sp³-hybridized carbons (Fsp3) is 0.176. The Hall–Kier alpha value is -2.42. The third-order valence-corrected chi connectivity index (χ3v) is 4.86. The van der Waals surface area contributed by atoms with Gasteiger partial charge in [0.15, 0.2) is 0 Å². The van der Waals surface area contributed by atoms with E-state index in [0.29, 0.717) is 10.7 Å². The second kappa shape index (κ2) is 8.79. The number of esters is 1. The maximum absolute atomic E-state index is 12.2. The number of rotatable bonds is 7. The summed E-state index contributed by atoms with van der Waals surface area (Å²) in [6.07, 6.45) is 0. The lowest BCUT2D eigenvalue weighted by Crippen LogP contribution is -2.32. The number of benzene rings is 2. The van der Waals surface area contributed by atoms with Crippen molar-refractivity contribution < 1.29 is 22.7 Å². The van der Waals surface area contributed by atoms with E-state index in [1.54, 1.807) is 31.2 Å². The van der Waals surface area contributed by atoms with Gasteiger partial charge >= 0.3 is 5.97 Å². The van der Waals surface area contributed by atoms with Gasteiger partial charge in [0.05, 0.1) is 23.6 Å². The molecule has 0 saturated carbocycles. The Bertz CT molecular complexity index is 898. The van der Waals surface area contributed by atoms with Crippen LogP contribution in [0.4, 0.5) is 5.69 Å². The quantitative estimate of drug-likeness (QED) is 0.700. The van der Waals surface area contributed by atoms with Crippen LogP contribution in [0.5, 0.6) is 0 Å². The highest BCUT2D eigenvalue weighted by molar-refractivity contribution is 7.89. The smallest absolute Gasteiger partial charge is 0.338 e. The van der Waals surface area contributed by atoms with Gasteiger partial charge in [0.2, 0.25) is 15.9 Å². The van der Waals surface area contributed by atoms with Gasteiger partial charge in [-0.2, -0.15) is 0 Å². The number of sulfonamides is 1. The van der Waals surface area contributed by atoms with E-state index >= 15 is 0 Å². The molecule has 0 bridgehead atoms. The van der Waals surface area contributed by atoms with Crippen molar-refractivity contribution in [1.29, 1.82) is 0 Å². The van der Waals surface area contributed by atoms with E-state index in [4.69, 9.17) is 16.3 Å². The highest BCUT2D eigenvalue weighted by Crippen LogP contribution is 2.15. The first-order valence-electron chi connectivity index (χ1n) is 7.64. The van der Waals surface area contributed by atoms with E-state index in [1.165, 1.54) is 24.3 Å². The molecule has 9 heteroatoms. The van der Waals surface area contributed by atoms with Crippen molar-refractivity contribution in [3.05, 3.63) is 59.1 Å². The molecule has 0 heterocycles. The fourth-order valence-corrected chi connectivity index (χ4v) is 3.17. The molecule has 0 saturated heterocycles. The molecule has 0 fully saturated rings. The van der Waals surface area contributed by atoms with Crippen molar-refractivity contribution in [3.63, 3.8) is 0 Å². The number of ether oxygens (including phenoxy) is 1. The van der Waals surface area contributed by atoms with Crippen molar-refractivity contribution in [2.45, 2.75) is 11.8 Å². The summed E-state index contributed by atoms with van der Waals surface area (Å²) in [5.41, 5.74) is 0.699. The molecule has 2 aromatic carbocycles. The number of nitrogens with one attached hydrogen (secondary N) is 2. The summed E-state index contributed by atoms with van der Waals surface area (Å²) in [4.78, 5) is 23.4. The number of carbonyl (C=O) groups excluding carboxylic acids is 2. The lowest BCUT2D eigenvalue weighted by atomic mass is 10.2. The molecule has 0 atom stereocenters. The second-order valence-corrected chi connectivity index (χ2v) is 7.33. The van der Waals surface area contributed by atoms with Crippen molar-refractivity contribution in [3.8, 4) is 0 Å². The largest absolute Gasteiger partial charge is 0.462 e. The number of anilines is 1. The second-order valence-electron chi connectivity index (χ2n) is 5.13. The van der Waals surface area contributed by atoms with Crippen LogP contribution in [0.2, 0.25) is 5.02 Å². The summed E-state index contributed by atoms with van der Waals surface area (Å²) < 4.78 is 31.5. The number of amides is 1. The minimum Gasteiger partial charge on any atom is -0.462 e. The van der Waals surface area contributed by atoms with Crippen LogP contribution in [0.25, 0.3) is 0 Å². The van der Waals surface area contributed by atoms with E-state index in [-0.39, 0.29) is 17.1 Å². The minimum atomic E-state index is -3.90. The molecule has 2 aromatic rings. The number of hydrogen-bond acceptors (Lipinski definition) is 5. The van der Waals surface area contributed by atoms with E-state index in [9.17, 15) is 18.0 Å². The molecule has 138 valence electrons. The van der Waals surface area contributed by atoms with Crippen LogP contribution >= 0.6 is 11.6 Å². The number of halogens is 1. The third-order valence-electron chi connectivity index (χ3n) is 3.21. The van der Waals surface area contributed by atoms with Gasteiger partial charge in [-0.3, -0.25) is 4.79 Å². The molecule has 7 nitrogen and oxygen atoms in total. The molecule has 0 spiro atoms. The summed E-state index contributed by atoms with van der Waals surface area (Å²) in [6, 6.07) is 11.7. The zero-order chi connectivity index (χ0) is 19.2. The van der Waals surface area contributed by atoms with Gasteiger partial charge in [0.1, 0.15) is 0 Å². The highest BCUT2D eigenvalue weighted by atomic mass is 35.5. The topological polar surface area (TPSA) is 102 Å². The zero-order valence-electron chi connectivity index (χ0n) is 13.9. The van der Waals surface area contributed by atoms with Crippen LogP contribution in [0.15, 0.2) is 53.4 Å². The third kappa shape index (κ3) is 5.55. The van der Waals surface area contributed by atoms with Crippen LogP contribution in [0, 0.1) is 0 Å². The summed E-state index contributed by atoms with van der Waals surface area (Å²) in [5.74, 6) is -1.08. The molecule has 1 amide bonds. The summed E-state index contributed by atoms with van der Waals surface area (Å²) >= 11 is 5.82.